The standard InChI is InChI=1S/C17H19BrN4O2S/c1-11(22-9-8-12-4-2-3-5-13(12)22)10-19-17(24)21-20-16(23)14-6-7-15(18)25-14/h2-7,11H,8-10H2,1H3,(H,20,23)(H2,19,21,24). The Hall–Kier alpha value is -2.06. The molecule has 1 aromatic carbocycles. The molecule has 1 aliphatic rings. The van der Waals surface area contributed by atoms with E-state index in [1.807, 2.05) is 12.1 Å². The van der Waals surface area contributed by atoms with E-state index in [1.165, 1.54) is 22.6 Å². The molecular formula is C17H19BrN4O2S. The Kier molecular flexibility index (Phi) is 5.60. The van der Waals surface area contributed by atoms with Crippen LogP contribution in [0, 0.1) is 0 Å². The number of hydrogen-bond donors (Lipinski definition) is 3. The van der Waals surface area contributed by atoms with Gasteiger partial charge in [0.15, 0.2) is 0 Å². The van der Waals surface area contributed by atoms with E-state index in [1.54, 1.807) is 12.1 Å². The van der Waals surface area contributed by atoms with Crippen LogP contribution in [0.4, 0.5) is 10.5 Å². The summed E-state index contributed by atoms with van der Waals surface area (Å²) in [6.07, 6.45) is 1.03. The lowest BCUT2D eigenvalue weighted by Crippen LogP contribution is -2.50. The van der Waals surface area contributed by atoms with Gasteiger partial charge in [0.25, 0.3) is 5.91 Å². The average Bonchev–Trinajstić information content (AvgIpc) is 3.23. The average molecular weight is 423 g/mol. The highest BCUT2D eigenvalue weighted by molar-refractivity contribution is 9.11. The molecule has 0 radical (unpaired) electrons. The summed E-state index contributed by atoms with van der Waals surface area (Å²) in [5.74, 6) is -0.340. The number of rotatable bonds is 4. The number of halogens is 1. The van der Waals surface area contributed by atoms with Gasteiger partial charge >= 0.3 is 6.03 Å². The van der Waals surface area contributed by atoms with E-state index in [0.29, 0.717) is 11.4 Å². The summed E-state index contributed by atoms with van der Waals surface area (Å²) >= 11 is 4.60. The third kappa shape index (κ3) is 4.32. The number of carbonyl (C=O) groups excluding carboxylic acids is 2. The van der Waals surface area contributed by atoms with Crippen LogP contribution in [0.3, 0.4) is 0 Å². The van der Waals surface area contributed by atoms with Crippen molar-refractivity contribution in [2.75, 3.05) is 18.0 Å². The van der Waals surface area contributed by atoms with Gasteiger partial charge in [-0.2, -0.15) is 0 Å². The zero-order chi connectivity index (χ0) is 17.8. The van der Waals surface area contributed by atoms with Crippen molar-refractivity contribution < 1.29 is 9.59 Å². The van der Waals surface area contributed by atoms with Crippen LogP contribution in [0.2, 0.25) is 0 Å². The highest BCUT2D eigenvalue weighted by Gasteiger charge is 2.23. The van der Waals surface area contributed by atoms with Gasteiger partial charge < -0.3 is 10.2 Å². The second-order valence-electron chi connectivity index (χ2n) is 5.81. The van der Waals surface area contributed by atoms with Crippen molar-refractivity contribution in [1.82, 2.24) is 16.2 Å². The Balaban J connectivity index is 1.44. The molecule has 1 aliphatic heterocycles. The van der Waals surface area contributed by atoms with Crippen molar-refractivity contribution in [1.29, 1.82) is 0 Å². The highest BCUT2D eigenvalue weighted by Crippen LogP contribution is 2.28. The Bertz CT molecular complexity index is 780. The number of fused-ring (bicyclic) bond motifs is 1. The molecule has 2 aromatic rings. The number of nitrogens with one attached hydrogen (secondary N) is 3. The molecule has 2 heterocycles. The van der Waals surface area contributed by atoms with Crippen molar-refractivity contribution in [2.45, 2.75) is 19.4 Å². The van der Waals surface area contributed by atoms with E-state index in [-0.39, 0.29) is 11.9 Å². The van der Waals surface area contributed by atoms with Gasteiger partial charge in [0.1, 0.15) is 0 Å². The number of hydrazine groups is 1. The van der Waals surface area contributed by atoms with Crippen molar-refractivity contribution in [2.24, 2.45) is 0 Å². The molecule has 0 bridgehead atoms. The normalized spacial score (nSPS) is 13.9. The number of thiophene rings is 1. The van der Waals surface area contributed by atoms with Gasteiger partial charge in [0, 0.05) is 24.8 Å². The molecule has 8 heteroatoms. The number of para-hydroxylation sites is 1. The van der Waals surface area contributed by atoms with Crippen LogP contribution in [0.5, 0.6) is 0 Å². The van der Waals surface area contributed by atoms with Gasteiger partial charge in [-0.15, -0.1) is 11.3 Å². The topological polar surface area (TPSA) is 73.5 Å². The number of benzene rings is 1. The fourth-order valence-electron chi connectivity index (χ4n) is 2.83. The molecule has 3 rings (SSSR count). The van der Waals surface area contributed by atoms with Crippen LogP contribution < -0.4 is 21.1 Å². The van der Waals surface area contributed by atoms with Crippen molar-refractivity contribution >= 4 is 44.9 Å². The number of nitrogens with zero attached hydrogens (tertiary/aromatic N) is 1. The second kappa shape index (κ2) is 7.88. The van der Waals surface area contributed by atoms with Gasteiger partial charge in [-0.3, -0.25) is 10.2 Å². The zero-order valence-electron chi connectivity index (χ0n) is 13.7. The van der Waals surface area contributed by atoms with Crippen LogP contribution in [0.15, 0.2) is 40.2 Å². The first-order valence-electron chi connectivity index (χ1n) is 7.98. The lowest BCUT2D eigenvalue weighted by molar-refractivity contribution is 0.0940. The number of anilines is 1. The largest absolute Gasteiger partial charge is 0.366 e. The van der Waals surface area contributed by atoms with E-state index < -0.39 is 6.03 Å². The molecule has 0 saturated carbocycles. The lowest BCUT2D eigenvalue weighted by atomic mass is 10.2. The first-order chi connectivity index (χ1) is 12.0. The van der Waals surface area contributed by atoms with E-state index in [0.717, 1.165) is 16.8 Å². The summed E-state index contributed by atoms with van der Waals surface area (Å²) in [6, 6.07) is 11.5. The van der Waals surface area contributed by atoms with E-state index >= 15 is 0 Å². The quantitative estimate of drug-likeness (QED) is 0.663. The molecule has 25 heavy (non-hydrogen) atoms. The van der Waals surface area contributed by atoms with Crippen LogP contribution in [-0.2, 0) is 6.42 Å². The molecule has 1 aromatic heterocycles. The summed E-state index contributed by atoms with van der Waals surface area (Å²) in [4.78, 5) is 26.6. The lowest BCUT2D eigenvalue weighted by Gasteiger charge is -2.27. The van der Waals surface area contributed by atoms with Gasteiger partial charge in [0.2, 0.25) is 0 Å². The molecule has 0 fully saturated rings. The monoisotopic (exact) mass is 422 g/mol. The number of hydrogen-bond acceptors (Lipinski definition) is 4. The fourth-order valence-corrected chi connectivity index (χ4v) is 4.11. The molecule has 0 saturated heterocycles. The minimum Gasteiger partial charge on any atom is -0.366 e. The summed E-state index contributed by atoms with van der Waals surface area (Å²) in [5, 5.41) is 2.79. The highest BCUT2D eigenvalue weighted by atomic mass is 79.9. The van der Waals surface area contributed by atoms with Gasteiger partial charge in [-0.05, 0) is 53.0 Å². The smallest absolute Gasteiger partial charge is 0.333 e. The van der Waals surface area contributed by atoms with Gasteiger partial charge in [-0.25, -0.2) is 10.2 Å². The van der Waals surface area contributed by atoms with E-state index in [9.17, 15) is 9.59 Å². The number of carbonyl (C=O) groups is 2. The fraction of sp³-hybridized carbons (Fsp3) is 0.294. The van der Waals surface area contributed by atoms with Crippen molar-refractivity contribution in [3.8, 4) is 0 Å². The molecular weight excluding hydrogens is 404 g/mol. The summed E-state index contributed by atoms with van der Waals surface area (Å²) in [6.45, 7) is 3.51. The maximum atomic E-state index is 11.9. The molecule has 3 N–H and O–H groups in total. The second-order valence-corrected chi connectivity index (χ2v) is 8.28. The molecule has 0 aliphatic carbocycles. The Morgan fingerprint density at radius 3 is 2.80 bits per heavy atom. The molecule has 0 spiro atoms. The third-order valence-electron chi connectivity index (χ3n) is 4.10. The molecule has 3 amide bonds. The SMILES string of the molecule is CC(CNC(=O)NNC(=O)c1ccc(Br)s1)N1CCc2ccccc21. The Morgan fingerprint density at radius 1 is 1.24 bits per heavy atom. The third-order valence-corrected chi connectivity index (χ3v) is 5.72. The van der Waals surface area contributed by atoms with E-state index in [2.05, 4.69) is 56.1 Å². The van der Waals surface area contributed by atoms with E-state index in [4.69, 9.17) is 0 Å². The summed E-state index contributed by atoms with van der Waals surface area (Å²) in [7, 11) is 0. The first-order valence-corrected chi connectivity index (χ1v) is 9.59. The molecule has 1 unspecified atom stereocenters. The first kappa shape index (κ1) is 17.8. The van der Waals surface area contributed by atoms with Crippen molar-refractivity contribution in [3.63, 3.8) is 0 Å². The maximum absolute atomic E-state index is 11.9. The molecule has 1 atom stereocenters. The van der Waals surface area contributed by atoms with Gasteiger partial charge in [0.05, 0.1) is 8.66 Å². The molecule has 6 nitrogen and oxygen atoms in total. The van der Waals surface area contributed by atoms with Crippen LogP contribution in [0.25, 0.3) is 0 Å². The predicted octanol–water partition coefficient (Wildman–Crippen LogP) is 2.91. The Morgan fingerprint density at radius 2 is 2.04 bits per heavy atom. The van der Waals surface area contributed by atoms with Crippen LogP contribution >= 0.6 is 27.3 Å². The minimum atomic E-state index is -0.427. The van der Waals surface area contributed by atoms with Crippen LogP contribution in [0.1, 0.15) is 22.2 Å². The molecule has 132 valence electrons. The maximum Gasteiger partial charge on any atom is 0.333 e. The number of urea groups is 1. The Labute approximate surface area is 158 Å². The van der Waals surface area contributed by atoms with Gasteiger partial charge in [-0.1, -0.05) is 18.2 Å². The minimum absolute atomic E-state index is 0.165. The van der Waals surface area contributed by atoms with Crippen molar-refractivity contribution in [3.05, 3.63) is 50.6 Å². The summed E-state index contributed by atoms with van der Waals surface area (Å²) < 4.78 is 0.863. The predicted molar refractivity (Wildman–Crippen MR) is 103 cm³/mol. The zero-order valence-corrected chi connectivity index (χ0v) is 16.1. The number of amides is 3. The van der Waals surface area contributed by atoms with Crippen LogP contribution in [-0.4, -0.2) is 31.1 Å². The summed E-state index contributed by atoms with van der Waals surface area (Å²) in [5.41, 5.74) is 7.35.